The lowest BCUT2D eigenvalue weighted by atomic mass is 9.96. The minimum Gasteiger partial charge on any atom is -0.481 e. The van der Waals surface area contributed by atoms with Crippen molar-refractivity contribution in [3.8, 4) is 11.8 Å². The van der Waals surface area contributed by atoms with Crippen molar-refractivity contribution in [3.05, 3.63) is 38.9 Å². The molecular weight excluding hydrogens is 460 g/mol. The first kappa shape index (κ1) is 18.4. The Labute approximate surface area is 164 Å². The van der Waals surface area contributed by atoms with E-state index in [0.29, 0.717) is 10.9 Å². The number of hydrogen-bond donors (Lipinski definition) is 0. The Morgan fingerprint density at radius 3 is 2.80 bits per heavy atom. The van der Waals surface area contributed by atoms with E-state index in [0.717, 1.165) is 28.8 Å². The van der Waals surface area contributed by atoms with E-state index < -0.39 is 5.82 Å². The molecule has 0 aliphatic carbocycles. The molecule has 1 saturated heterocycles. The van der Waals surface area contributed by atoms with Gasteiger partial charge in [0.2, 0.25) is 5.88 Å². The predicted molar refractivity (Wildman–Crippen MR) is 103 cm³/mol. The summed E-state index contributed by atoms with van der Waals surface area (Å²) in [7, 11) is 1.57. The molecule has 2 atom stereocenters. The fourth-order valence-corrected chi connectivity index (χ4v) is 3.55. The molecule has 25 heavy (non-hydrogen) atoms. The van der Waals surface area contributed by atoms with Gasteiger partial charge in [-0.25, -0.2) is 14.4 Å². The zero-order valence-electron chi connectivity index (χ0n) is 13.9. The molecule has 0 spiro atoms. The molecule has 0 N–H and O–H groups in total. The molecule has 1 fully saturated rings. The van der Waals surface area contributed by atoms with E-state index in [2.05, 4.69) is 21.8 Å². The normalized spacial score (nSPS) is 20.4. The highest BCUT2D eigenvalue weighted by molar-refractivity contribution is 14.1. The largest absolute Gasteiger partial charge is 0.481 e. The third-order valence-corrected chi connectivity index (χ3v) is 5.10. The van der Waals surface area contributed by atoms with Crippen LogP contribution in [0, 0.1) is 15.3 Å². The van der Waals surface area contributed by atoms with Gasteiger partial charge in [0.25, 0.3) is 5.88 Å². The summed E-state index contributed by atoms with van der Waals surface area (Å²) in [6, 6.07) is 3.25. The number of halogens is 3. The Morgan fingerprint density at radius 2 is 2.12 bits per heavy atom. The molecule has 0 saturated carbocycles. The number of pyridine rings is 2. The SMILES string of the molecule is COc1cc(N2CCC(Oc3ncc(I)cc3F)C(C)C2)c(Cl)cn1. The second kappa shape index (κ2) is 7.90. The van der Waals surface area contributed by atoms with E-state index in [-0.39, 0.29) is 17.9 Å². The average Bonchev–Trinajstić information content (AvgIpc) is 2.59. The Morgan fingerprint density at radius 1 is 1.32 bits per heavy atom. The first-order valence-electron chi connectivity index (χ1n) is 7.90. The van der Waals surface area contributed by atoms with Crippen LogP contribution in [0.2, 0.25) is 5.02 Å². The van der Waals surface area contributed by atoms with Crippen LogP contribution in [0.15, 0.2) is 24.5 Å². The van der Waals surface area contributed by atoms with Crippen LogP contribution < -0.4 is 14.4 Å². The van der Waals surface area contributed by atoms with Gasteiger partial charge in [-0.3, -0.25) is 0 Å². The lowest BCUT2D eigenvalue weighted by Gasteiger charge is -2.38. The topological polar surface area (TPSA) is 47.5 Å². The summed E-state index contributed by atoms with van der Waals surface area (Å²) in [4.78, 5) is 10.3. The summed E-state index contributed by atoms with van der Waals surface area (Å²) >= 11 is 8.31. The Balaban J connectivity index is 1.70. The molecular formula is C17H18ClFIN3O2. The summed E-state index contributed by atoms with van der Waals surface area (Å²) in [5.74, 6) is 0.345. The van der Waals surface area contributed by atoms with Crippen LogP contribution in [0.25, 0.3) is 0 Å². The highest BCUT2D eigenvalue weighted by Gasteiger charge is 2.30. The van der Waals surface area contributed by atoms with Crippen LogP contribution in [0.1, 0.15) is 13.3 Å². The highest BCUT2D eigenvalue weighted by Crippen LogP contribution is 2.33. The lowest BCUT2D eigenvalue weighted by Crippen LogP contribution is -2.44. The molecule has 5 nitrogen and oxygen atoms in total. The van der Waals surface area contributed by atoms with Crippen LogP contribution in [-0.2, 0) is 0 Å². The first-order valence-corrected chi connectivity index (χ1v) is 9.35. The van der Waals surface area contributed by atoms with Crippen molar-refractivity contribution in [2.45, 2.75) is 19.4 Å². The number of hydrogen-bond acceptors (Lipinski definition) is 5. The van der Waals surface area contributed by atoms with Crippen LogP contribution >= 0.6 is 34.2 Å². The molecule has 0 radical (unpaired) electrons. The lowest BCUT2D eigenvalue weighted by molar-refractivity contribution is 0.110. The summed E-state index contributed by atoms with van der Waals surface area (Å²) in [6.45, 7) is 3.56. The van der Waals surface area contributed by atoms with Crippen molar-refractivity contribution >= 4 is 39.9 Å². The van der Waals surface area contributed by atoms with E-state index in [1.165, 1.54) is 6.07 Å². The van der Waals surface area contributed by atoms with Gasteiger partial charge in [-0.05, 0) is 28.7 Å². The number of anilines is 1. The molecule has 1 aliphatic rings. The average molecular weight is 478 g/mol. The summed E-state index contributed by atoms with van der Waals surface area (Å²) < 4.78 is 25.7. The van der Waals surface area contributed by atoms with Crippen LogP contribution in [0.5, 0.6) is 11.8 Å². The third-order valence-electron chi connectivity index (χ3n) is 4.22. The Bertz CT molecular complexity index is 765. The van der Waals surface area contributed by atoms with E-state index in [1.54, 1.807) is 19.5 Å². The fraction of sp³-hybridized carbons (Fsp3) is 0.412. The Kier molecular flexibility index (Phi) is 5.83. The molecule has 3 rings (SSSR count). The van der Waals surface area contributed by atoms with Gasteiger partial charge < -0.3 is 14.4 Å². The molecule has 0 aromatic carbocycles. The maximum atomic E-state index is 14.0. The molecule has 2 aromatic rings. The molecule has 134 valence electrons. The van der Waals surface area contributed by atoms with Crippen molar-refractivity contribution in [1.82, 2.24) is 9.97 Å². The molecule has 1 aliphatic heterocycles. The van der Waals surface area contributed by atoms with Gasteiger partial charge in [0.15, 0.2) is 5.82 Å². The fourth-order valence-electron chi connectivity index (χ4n) is 2.91. The summed E-state index contributed by atoms with van der Waals surface area (Å²) in [5.41, 5.74) is 0.886. The van der Waals surface area contributed by atoms with Crippen LogP contribution in [0.3, 0.4) is 0 Å². The van der Waals surface area contributed by atoms with E-state index >= 15 is 0 Å². The van der Waals surface area contributed by atoms with Crippen molar-refractivity contribution in [2.75, 3.05) is 25.1 Å². The van der Waals surface area contributed by atoms with Crippen LogP contribution in [-0.4, -0.2) is 36.3 Å². The summed E-state index contributed by atoms with van der Waals surface area (Å²) in [5, 5.41) is 0.581. The van der Waals surface area contributed by atoms with Crippen molar-refractivity contribution in [1.29, 1.82) is 0 Å². The van der Waals surface area contributed by atoms with E-state index in [4.69, 9.17) is 21.1 Å². The number of nitrogens with zero attached hydrogens (tertiary/aromatic N) is 3. The zero-order valence-corrected chi connectivity index (χ0v) is 16.8. The minimum atomic E-state index is -0.427. The van der Waals surface area contributed by atoms with Gasteiger partial charge in [0, 0.05) is 41.3 Å². The Hall–Kier alpha value is -1.35. The van der Waals surface area contributed by atoms with Gasteiger partial charge in [-0.2, -0.15) is 0 Å². The van der Waals surface area contributed by atoms with Crippen LogP contribution in [0.4, 0.5) is 10.1 Å². The molecule has 0 amide bonds. The maximum Gasteiger partial charge on any atom is 0.250 e. The minimum absolute atomic E-state index is 0.0642. The van der Waals surface area contributed by atoms with E-state index in [1.807, 2.05) is 28.7 Å². The number of methoxy groups -OCH3 is 1. The van der Waals surface area contributed by atoms with E-state index in [9.17, 15) is 4.39 Å². The molecule has 2 aromatic heterocycles. The smallest absolute Gasteiger partial charge is 0.250 e. The maximum absolute atomic E-state index is 14.0. The van der Waals surface area contributed by atoms with Crippen molar-refractivity contribution in [3.63, 3.8) is 0 Å². The monoisotopic (exact) mass is 477 g/mol. The second-order valence-electron chi connectivity index (χ2n) is 5.99. The molecule has 3 heterocycles. The van der Waals surface area contributed by atoms with Gasteiger partial charge in [0.1, 0.15) is 6.10 Å². The van der Waals surface area contributed by atoms with Gasteiger partial charge in [-0.15, -0.1) is 0 Å². The highest BCUT2D eigenvalue weighted by atomic mass is 127. The number of piperidine rings is 1. The number of aromatic nitrogens is 2. The molecule has 8 heteroatoms. The summed E-state index contributed by atoms with van der Waals surface area (Å²) in [6.07, 6.45) is 3.84. The zero-order chi connectivity index (χ0) is 18.0. The van der Waals surface area contributed by atoms with Crippen molar-refractivity contribution < 1.29 is 13.9 Å². The van der Waals surface area contributed by atoms with Crippen molar-refractivity contribution in [2.24, 2.45) is 5.92 Å². The standard InChI is InChI=1S/C17H18ClFIN3O2/c1-10-9-23(14-6-16(24-2)21-8-12(14)18)4-3-15(10)25-17-13(19)5-11(20)7-22-17/h5-8,10,15H,3-4,9H2,1-2H3. The van der Waals surface area contributed by atoms with Gasteiger partial charge >= 0.3 is 0 Å². The van der Waals surface area contributed by atoms with Gasteiger partial charge in [0.05, 0.1) is 24.0 Å². The third kappa shape index (κ3) is 4.25. The number of rotatable bonds is 4. The quantitative estimate of drug-likeness (QED) is 0.619. The molecule has 0 bridgehead atoms. The second-order valence-corrected chi connectivity index (χ2v) is 7.64. The number of ether oxygens (including phenoxy) is 2. The first-order chi connectivity index (χ1) is 12.0. The predicted octanol–water partition coefficient (Wildman–Crippen LogP) is 4.18. The molecule has 2 unspecified atom stereocenters. The van der Waals surface area contributed by atoms with Gasteiger partial charge in [-0.1, -0.05) is 18.5 Å².